The summed E-state index contributed by atoms with van der Waals surface area (Å²) in [7, 11) is 1.29. The summed E-state index contributed by atoms with van der Waals surface area (Å²) in [6.07, 6.45) is -11.5. The summed E-state index contributed by atoms with van der Waals surface area (Å²) in [6, 6.07) is 2.82. The summed E-state index contributed by atoms with van der Waals surface area (Å²) in [4.78, 5) is 52.5. The molecule has 16 heteroatoms. The Labute approximate surface area is 258 Å². The second-order valence-corrected chi connectivity index (χ2v) is 11.7. The Morgan fingerprint density at radius 1 is 1.09 bits per heavy atom. The van der Waals surface area contributed by atoms with Crippen LogP contribution in [0.2, 0.25) is 0 Å². The maximum absolute atomic E-state index is 13.9. The van der Waals surface area contributed by atoms with Crippen molar-refractivity contribution < 1.29 is 61.9 Å². The molecule has 0 saturated carbocycles. The Bertz CT molecular complexity index is 1730. The number of carbonyl (C=O) groups excluding carboxylic acids is 4. The van der Waals surface area contributed by atoms with Crippen molar-refractivity contribution in [1.29, 1.82) is 0 Å². The Balaban J connectivity index is 1.48. The molecule has 2 aromatic rings. The number of ketones is 3. The number of phenolic OH excluding ortho intramolecular Hbond substituents is 2. The van der Waals surface area contributed by atoms with Crippen LogP contribution in [0.25, 0.3) is 0 Å². The molecule has 2 aliphatic heterocycles. The number of amides is 1. The third kappa shape index (κ3) is 4.57. The Morgan fingerprint density at radius 2 is 1.76 bits per heavy atom. The van der Waals surface area contributed by atoms with Crippen LogP contribution >= 0.6 is 0 Å². The number of carbonyl (C=O) groups is 4. The first kappa shape index (κ1) is 31.6. The molecule has 2 aromatic carbocycles. The standard InChI is InChI=1S/C30H28F3N3O10/c1-10-23(38)14(35-28(43)30(31,32)33)7-17(45-10)46-16-8-29(11(2)37)13(9-34-36-29)19-20(16)27(42)22-21(26(19)41)24(39)12-5-4-6-15(44-3)18(12)25(22)40/h4-6,10,13-14,16-17,23,38,41-42H,7-9H2,1-3H3,(H,35,43). The van der Waals surface area contributed by atoms with Crippen molar-refractivity contribution in [2.75, 3.05) is 13.7 Å². The molecule has 0 spiro atoms. The van der Waals surface area contributed by atoms with E-state index >= 15 is 0 Å². The van der Waals surface area contributed by atoms with Crippen LogP contribution in [0, 0.1) is 0 Å². The number of nitrogens with zero attached hydrogens (tertiary/aromatic N) is 2. The monoisotopic (exact) mass is 647 g/mol. The van der Waals surface area contributed by atoms with Crippen molar-refractivity contribution in [2.45, 2.75) is 75.0 Å². The molecule has 0 aromatic heterocycles. The molecule has 1 amide bonds. The molecule has 2 aliphatic carbocycles. The highest BCUT2D eigenvalue weighted by molar-refractivity contribution is 6.31. The van der Waals surface area contributed by atoms with Crippen molar-refractivity contribution in [1.82, 2.24) is 5.32 Å². The minimum absolute atomic E-state index is 0.0463. The van der Waals surface area contributed by atoms with Crippen LogP contribution in [0.4, 0.5) is 13.2 Å². The molecule has 4 N–H and O–H groups in total. The van der Waals surface area contributed by atoms with Crippen molar-refractivity contribution >= 4 is 23.3 Å². The van der Waals surface area contributed by atoms with E-state index in [4.69, 9.17) is 14.2 Å². The number of fused-ring (bicyclic) bond motifs is 5. The quantitative estimate of drug-likeness (QED) is 0.299. The van der Waals surface area contributed by atoms with E-state index < -0.39 is 101 Å². The van der Waals surface area contributed by atoms with E-state index in [-0.39, 0.29) is 41.0 Å². The van der Waals surface area contributed by atoms with Gasteiger partial charge in [-0.1, -0.05) is 12.1 Å². The van der Waals surface area contributed by atoms with E-state index in [1.165, 1.54) is 39.2 Å². The van der Waals surface area contributed by atoms with E-state index in [1.54, 1.807) is 5.32 Å². The van der Waals surface area contributed by atoms with Crippen LogP contribution < -0.4 is 10.1 Å². The summed E-state index contributed by atoms with van der Waals surface area (Å²) < 4.78 is 56.1. The molecule has 13 nitrogen and oxygen atoms in total. The van der Waals surface area contributed by atoms with Crippen LogP contribution in [0.15, 0.2) is 28.4 Å². The number of azo groups is 1. The van der Waals surface area contributed by atoms with Crippen molar-refractivity contribution in [3.8, 4) is 17.2 Å². The minimum Gasteiger partial charge on any atom is -0.507 e. The number of methoxy groups -OCH3 is 1. The fourth-order valence-electron chi connectivity index (χ4n) is 6.92. The SMILES string of the molecule is COc1cccc2c1C(=O)c1c(O)c3c(c(O)c1C2=O)C1CN=NC1(C(C)=O)CC3OC1CC(NC(=O)C(F)(F)F)C(O)C(C)O1. The predicted molar refractivity (Wildman–Crippen MR) is 147 cm³/mol. The number of Topliss-reactive ketones (excluding diaryl/α,β-unsaturated/α-hetero) is 1. The Morgan fingerprint density at radius 3 is 2.41 bits per heavy atom. The zero-order chi connectivity index (χ0) is 33.5. The Hall–Kier alpha value is -4.41. The number of benzene rings is 2. The molecule has 244 valence electrons. The van der Waals surface area contributed by atoms with E-state index in [1.807, 2.05) is 0 Å². The number of ether oxygens (including phenoxy) is 3. The predicted octanol–water partition coefficient (Wildman–Crippen LogP) is 2.76. The molecule has 7 unspecified atom stereocenters. The Kier molecular flexibility index (Phi) is 7.44. The van der Waals surface area contributed by atoms with Crippen LogP contribution in [-0.4, -0.2) is 88.5 Å². The first-order chi connectivity index (χ1) is 21.6. The van der Waals surface area contributed by atoms with Gasteiger partial charge in [0.25, 0.3) is 0 Å². The first-order valence-corrected chi connectivity index (χ1v) is 14.3. The summed E-state index contributed by atoms with van der Waals surface area (Å²) in [5.74, 6) is -6.74. The van der Waals surface area contributed by atoms with Crippen LogP contribution in [-0.2, 0) is 19.1 Å². The van der Waals surface area contributed by atoms with Crippen molar-refractivity contribution in [3.05, 3.63) is 51.6 Å². The second kappa shape index (κ2) is 10.8. The maximum atomic E-state index is 13.9. The zero-order valence-electron chi connectivity index (χ0n) is 24.5. The highest BCUT2D eigenvalue weighted by atomic mass is 19.4. The van der Waals surface area contributed by atoms with Gasteiger partial charge in [-0.3, -0.25) is 19.2 Å². The summed E-state index contributed by atoms with van der Waals surface area (Å²) in [6.45, 7) is 2.46. The largest absolute Gasteiger partial charge is 0.507 e. The van der Waals surface area contributed by atoms with Gasteiger partial charge in [-0.05, 0) is 19.9 Å². The number of rotatable bonds is 5. The fourth-order valence-corrected chi connectivity index (χ4v) is 6.92. The lowest BCUT2D eigenvalue weighted by Crippen LogP contribution is -2.57. The average Bonchev–Trinajstić information content (AvgIpc) is 3.44. The fraction of sp³-hybridized carbons (Fsp3) is 0.467. The molecular weight excluding hydrogens is 619 g/mol. The molecule has 2 heterocycles. The van der Waals surface area contributed by atoms with Crippen molar-refractivity contribution in [3.63, 3.8) is 0 Å². The van der Waals surface area contributed by atoms with Gasteiger partial charge >= 0.3 is 12.1 Å². The van der Waals surface area contributed by atoms with Crippen LogP contribution in [0.3, 0.4) is 0 Å². The summed E-state index contributed by atoms with van der Waals surface area (Å²) in [5, 5.41) is 43.9. The van der Waals surface area contributed by atoms with Crippen molar-refractivity contribution in [2.24, 2.45) is 10.2 Å². The molecule has 6 rings (SSSR count). The molecular formula is C30H28F3N3O10. The molecule has 7 atom stereocenters. The topological polar surface area (TPSA) is 193 Å². The van der Waals surface area contributed by atoms with Gasteiger partial charge in [0.05, 0.1) is 48.6 Å². The summed E-state index contributed by atoms with van der Waals surface area (Å²) >= 11 is 0. The van der Waals surface area contributed by atoms with Gasteiger partial charge in [0.2, 0.25) is 5.78 Å². The lowest BCUT2D eigenvalue weighted by Gasteiger charge is -2.44. The van der Waals surface area contributed by atoms with Gasteiger partial charge in [-0.2, -0.15) is 23.4 Å². The number of aromatic hydroxyl groups is 2. The van der Waals surface area contributed by atoms with E-state index in [2.05, 4.69) is 10.2 Å². The third-order valence-electron chi connectivity index (χ3n) is 9.16. The number of aliphatic hydroxyl groups is 1. The van der Waals surface area contributed by atoms with Crippen LogP contribution in [0.5, 0.6) is 17.2 Å². The number of nitrogens with one attached hydrogen (secondary N) is 1. The zero-order valence-corrected chi connectivity index (χ0v) is 24.5. The molecule has 1 fully saturated rings. The molecule has 1 saturated heterocycles. The third-order valence-corrected chi connectivity index (χ3v) is 9.16. The van der Waals surface area contributed by atoms with Gasteiger partial charge in [0.1, 0.15) is 23.4 Å². The lowest BCUT2D eigenvalue weighted by molar-refractivity contribution is -0.247. The summed E-state index contributed by atoms with van der Waals surface area (Å²) in [5.41, 5.74) is -3.15. The van der Waals surface area contributed by atoms with E-state index in [0.29, 0.717) is 0 Å². The van der Waals surface area contributed by atoms with E-state index in [0.717, 1.165) is 0 Å². The van der Waals surface area contributed by atoms with Gasteiger partial charge in [-0.25, -0.2) is 0 Å². The molecule has 0 radical (unpaired) electrons. The van der Waals surface area contributed by atoms with Crippen LogP contribution in [0.1, 0.15) is 81.7 Å². The number of hydrogen-bond acceptors (Lipinski definition) is 12. The number of phenols is 2. The van der Waals surface area contributed by atoms with Gasteiger partial charge in [0, 0.05) is 35.4 Å². The number of hydrogen-bond donors (Lipinski definition) is 4. The lowest BCUT2D eigenvalue weighted by atomic mass is 9.65. The van der Waals surface area contributed by atoms with Gasteiger partial charge < -0.3 is 34.8 Å². The minimum atomic E-state index is -5.23. The van der Waals surface area contributed by atoms with Gasteiger partial charge in [-0.15, -0.1) is 0 Å². The van der Waals surface area contributed by atoms with Gasteiger partial charge in [0.15, 0.2) is 23.4 Å². The molecule has 0 bridgehead atoms. The van der Waals surface area contributed by atoms with E-state index in [9.17, 15) is 47.7 Å². The normalized spacial score (nSPS) is 29.8. The second-order valence-electron chi connectivity index (χ2n) is 11.7. The first-order valence-electron chi connectivity index (χ1n) is 14.3. The average molecular weight is 648 g/mol. The smallest absolute Gasteiger partial charge is 0.471 e. The highest BCUT2D eigenvalue weighted by Gasteiger charge is 2.58. The molecule has 4 aliphatic rings. The highest BCUT2D eigenvalue weighted by Crippen LogP contribution is 2.59. The number of aliphatic hydroxyl groups excluding tert-OH is 1. The number of alkyl halides is 3. The number of halogens is 3. The maximum Gasteiger partial charge on any atom is 0.471 e. The molecule has 46 heavy (non-hydrogen) atoms.